The molecule has 1 heterocycles. The molecule has 0 saturated carbocycles. The van der Waals surface area contributed by atoms with Crippen molar-refractivity contribution < 1.29 is 4.79 Å². The Labute approximate surface area is 115 Å². The summed E-state index contributed by atoms with van der Waals surface area (Å²) in [6, 6.07) is 2.06. The van der Waals surface area contributed by atoms with Crippen LogP contribution in [0.3, 0.4) is 0 Å². The molecule has 0 spiro atoms. The van der Waals surface area contributed by atoms with Crippen LogP contribution in [0.4, 0.5) is 0 Å². The number of carbonyl (C=O) groups excluding carboxylic acids is 1. The molecular weight excluding hydrogens is 252 g/mol. The van der Waals surface area contributed by atoms with Gasteiger partial charge in [-0.15, -0.1) is 12.4 Å². The molecule has 0 aliphatic heterocycles. The molecule has 5 nitrogen and oxygen atoms in total. The highest BCUT2D eigenvalue weighted by Crippen LogP contribution is 2.02. The van der Waals surface area contributed by atoms with Crippen LogP contribution in [-0.4, -0.2) is 28.8 Å². The Morgan fingerprint density at radius 2 is 2.17 bits per heavy atom. The summed E-state index contributed by atoms with van der Waals surface area (Å²) in [5, 5.41) is 7.24. The monoisotopic (exact) mass is 274 g/mol. The molecule has 0 aliphatic carbocycles. The average molecular weight is 275 g/mol. The lowest BCUT2D eigenvalue weighted by atomic mass is 10.3. The molecular formula is C12H23ClN4O. The van der Waals surface area contributed by atoms with Gasteiger partial charge in [0.15, 0.2) is 0 Å². The number of hydrogen-bond donors (Lipinski definition) is 2. The second-order valence-corrected chi connectivity index (χ2v) is 4.25. The molecule has 104 valence electrons. The average Bonchev–Trinajstić information content (AvgIpc) is 2.60. The summed E-state index contributed by atoms with van der Waals surface area (Å²) in [4.78, 5) is 11.3. The lowest BCUT2D eigenvalue weighted by molar-refractivity contribution is -0.121. The van der Waals surface area contributed by atoms with E-state index in [2.05, 4.69) is 16.5 Å². The second-order valence-electron chi connectivity index (χ2n) is 4.25. The fourth-order valence-corrected chi connectivity index (χ4v) is 1.71. The quantitative estimate of drug-likeness (QED) is 0.733. The lowest BCUT2D eigenvalue weighted by Gasteiger charge is -2.06. The van der Waals surface area contributed by atoms with Crippen molar-refractivity contribution in [3.63, 3.8) is 0 Å². The highest BCUT2D eigenvalue weighted by Gasteiger charge is 2.02. The Morgan fingerprint density at radius 3 is 2.72 bits per heavy atom. The summed E-state index contributed by atoms with van der Waals surface area (Å²) < 4.78 is 1.97. The zero-order valence-corrected chi connectivity index (χ0v) is 11.9. The summed E-state index contributed by atoms with van der Waals surface area (Å²) in [5.41, 5.74) is 7.54. The van der Waals surface area contributed by atoms with Gasteiger partial charge in [0.05, 0.1) is 5.69 Å². The summed E-state index contributed by atoms with van der Waals surface area (Å²) in [6.07, 6.45) is 2.18. The number of carbonyl (C=O) groups is 1. The van der Waals surface area contributed by atoms with Gasteiger partial charge < -0.3 is 11.1 Å². The molecule has 1 aromatic heterocycles. The van der Waals surface area contributed by atoms with Crippen LogP contribution < -0.4 is 11.1 Å². The first-order chi connectivity index (χ1) is 8.13. The summed E-state index contributed by atoms with van der Waals surface area (Å²) in [7, 11) is 0. The van der Waals surface area contributed by atoms with E-state index in [1.54, 1.807) is 0 Å². The van der Waals surface area contributed by atoms with Crippen molar-refractivity contribution in [1.82, 2.24) is 15.1 Å². The lowest BCUT2D eigenvalue weighted by Crippen LogP contribution is -2.25. The highest BCUT2D eigenvalue weighted by molar-refractivity contribution is 5.85. The van der Waals surface area contributed by atoms with Crippen molar-refractivity contribution >= 4 is 18.3 Å². The smallest absolute Gasteiger partial charge is 0.220 e. The molecule has 0 aliphatic rings. The van der Waals surface area contributed by atoms with Gasteiger partial charge in [-0.25, -0.2) is 0 Å². The third-order valence-corrected chi connectivity index (χ3v) is 2.58. The molecule has 0 radical (unpaired) electrons. The van der Waals surface area contributed by atoms with Crippen LogP contribution in [0.2, 0.25) is 0 Å². The van der Waals surface area contributed by atoms with Crippen LogP contribution in [0.25, 0.3) is 0 Å². The largest absolute Gasteiger partial charge is 0.356 e. The van der Waals surface area contributed by atoms with E-state index in [0.717, 1.165) is 30.8 Å². The van der Waals surface area contributed by atoms with Crippen molar-refractivity contribution in [1.29, 1.82) is 0 Å². The third kappa shape index (κ3) is 6.02. The van der Waals surface area contributed by atoms with Crippen molar-refractivity contribution in [2.45, 2.75) is 39.7 Å². The number of nitrogens with one attached hydrogen (secondary N) is 1. The van der Waals surface area contributed by atoms with Gasteiger partial charge in [-0.3, -0.25) is 9.48 Å². The molecule has 3 N–H and O–H groups in total. The van der Waals surface area contributed by atoms with Gasteiger partial charge in [0.2, 0.25) is 5.91 Å². The summed E-state index contributed by atoms with van der Waals surface area (Å²) in [6.45, 7) is 6.13. The van der Waals surface area contributed by atoms with Crippen LogP contribution in [-0.2, 0) is 11.3 Å². The number of amides is 1. The molecule has 18 heavy (non-hydrogen) atoms. The molecule has 0 atom stereocenters. The Bertz CT molecular complexity index is 365. The van der Waals surface area contributed by atoms with Gasteiger partial charge in [-0.05, 0) is 39.3 Å². The highest BCUT2D eigenvalue weighted by atomic mass is 35.5. The van der Waals surface area contributed by atoms with Crippen molar-refractivity contribution in [3.8, 4) is 0 Å². The predicted octanol–water partition coefficient (Wildman–Crippen LogP) is 1.17. The number of nitrogens with zero attached hydrogens (tertiary/aromatic N) is 2. The van der Waals surface area contributed by atoms with E-state index in [1.165, 1.54) is 0 Å². The summed E-state index contributed by atoms with van der Waals surface area (Å²) in [5.74, 6) is 0.0869. The Morgan fingerprint density at radius 1 is 1.44 bits per heavy atom. The number of aromatic nitrogens is 2. The van der Waals surface area contributed by atoms with E-state index in [9.17, 15) is 4.79 Å². The van der Waals surface area contributed by atoms with Gasteiger partial charge in [0.25, 0.3) is 0 Å². The molecule has 1 amide bonds. The van der Waals surface area contributed by atoms with Crippen LogP contribution >= 0.6 is 12.4 Å². The number of nitrogens with two attached hydrogens (primary N) is 1. The van der Waals surface area contributed by atoms with E-state index in [1.807, 2.05) is 18.5 Å². The maximum absolute atomic E-state index is 11.3. The number of hydrogen-bond acceptors (Lipinski definition) is 3. The second kappa shape index (κ2) is 8.94. The number of aryl methyl sites for hydroxylation is 3. The Balaban J connectivity index is 0.00000289. The topological polar surface area (TPSA) is 72.9 Å². The standard InChI is InChI=1S/C12H22N4O.ClH/c1-10-9-11(2)16(15-10)8-4-7-14-12(17)5-3-6-13;/h9H,3-8,13H2,1-2H3,(H,14,17);1H. The van der Waals surface area contributed by atoms with E-state index in [4.69, 9.17) is 5.73 Å². The van der Waals surface area contributed by atoms with Crippen molar-refractivity contribution in [3.05, 3.63) is 17.5 Å². The van der Waals surface area contributed by atoms with E-state index >= 15 is 0 Å². The molecule has 0 aromatic carbocycles. The minimum atomic E-state index is 0. The first-order valence-electron chi connectivity index (χ1n) is 6.11. The normalized spacial score (nSPS) is 9.94. The Kier molecular flexibility index (Phi) is 8.41. The molecule has 0 fully saturated rings. The first-order valence-corrected chi connectivity index (χ1v) is 6.11. The van der Waals surface area contributed by atoms with Gasteiger partial charge >= 0.3 is 0 Å². The van der Waals surface area contributed by atoms with Crippen LogP contribution in [0.1, 0.15) is 30.7 Å². The van der Waals surface area contributed by atoms with Crippen LogP contribution in [0.5, 0.6) is 0 Å². The summed E-state index contributed by atoms with van der Waals surface area (Å²) >= 11 is 0. The SMILES string of the molecule is Cc1cc(C)n(CCCNC(=O)CCCN)n1.Cl. The zero-order chi connectivity index (χ0) is 12.7. The third-order valence-electron chi connectivity index (χ3n) is 2.58. The van der Waals surface area contributed by atoms with E-state index < -0.39 is 0 Å². The Hall–Kier alpha value is -1.07. The van der Waals surface area contributed by atoms with Crippen LogP contribution in [0.15, 0.2) is 6.07 Å². The molecule has 1 rings (SSSR count). The molecule has 1 aromatic rings. The fraction of sp³-hybridized carbons (Fsp3) is 0.667. The van der Waals surface area contributed by atoms with Crippen LogP contribution in [0, 0.1) is 13.8 Å². The van der Waals surface area contributed by atoms with Crippen molar-refractivity contribution in [2.24, 2.45) is 5.73 Å². The number of halogens is 1. The van der Waals surface area contributed by atoms with Gasteiger partial charge in [0, 0.05) is 25.2 Å². The predicted molar refractivity (Wildman–Crippen MR) is 74.9 cm³/mol. The maximum atomic E-state index is 11.3. The minimum Gasteiger partial charge on any atom is -0.356 e. The molecule has 0 unspecified atom stereocenters. The molecule has 6 heteroatoms. The van der Waals surface area contributed by atoms with E-state index in [-0.39, 0.29) is 18.3 Å². The molecule has 0 bridgehead atoms. The fourth-order valence-electron chi connectivity index (χ4n) is 1.71. The van der Waals surface area contributed by atoms with Gasteiger partial charge in [0.1, 0.15) is 0 Å². The minimum absolute atomic E-state index is 0. The van der Waals surface area contributed by atoms with E-state index in [0.29, 0.717) is 19.5 Å². The maximum Gasteiger partial charge on any atom is 0.220 e. The zero-order valence-electron chi connectivity index (χ0n) is 11.1. The van der Waals surface area contributed by atoms with Gasteiger partial charge in [-0.2, -0.15) is 5.10 Å². The number of rotatable bonds is 7. The van der Waals surface area contributed by atoms with Gasteiger partial charge in [-0.1, -0.05) is 0 Å². The first kappa shape index (κ1) is 16.9. The van der Waals surface area contributed by atoms with Crippen molar-refractivity contribution in [2.75, 3.05) is 13.1 Å². The molecule has 0 saturated heterocycles.